The Balaban J connectivity index is 2.13. The molecule has 0 spiro atoms. The van der Waals surface area contributed by atoms with Crippen LogP contribution in [0.2, 0.25) is 13.1 Å². The van der Waals surface area contributed by atoms with Crippen LogP contribution in [0.3, 0.4) is 0 Å². The standard InChI is InChI=1S/C23H19F3O3Si/c1-30(2)20-10-14(28)4-7-17(20)22(18-8-5-15(29)11-21(18)30)16-6-3-13(12-27)9-19(16)23(24,25)26/h3-11,27-28H,12H2,1-2H3. The minimum Gasteiger partial charge on any atom is -0.508 e. The third-order valence-corrected chi connectivity index (χ3v) is 9.24. The van der Waals surface area contributed by atoms with E-state index in [0.717, 1.165) is 16.4 Å². The first-order valence-electron chi connectivity index (χ1n) is 9.38. The molecule has 2 aliphatic rings. The monoisotopic (exact) mass is 428 g/mol. The summed E-state index contributed by atoms with van der Waals surface area (Å²) in [4.78, 5) is 12.1. The quantitative estimate of drug-likeness (QED) is 0.704. The number of phenols is 1. The third kappa shape index (κ3) is 3.14. The van der Waals surface area contributed by atoms with Crippen molar-refractivity contribution in [3.63, 3.8) is 0 Å². The van der Waals surface area contributed by atoms with Gasteiger partial charge in [-0.3, -0.25) is 4.79 Å². The van der Waals surface area contributed by atoms with Crippen LogP contribution in [0.1, 0.15) is 22.3 Å². The van der Waals surface area contributed by atoms with E-state index in [1.54, 1.807) is 18.2 Å². The highest BCUT2D eigenvalue weighted by Gasteiger charge is 2.42. The zero-order valence-electron chi connectivity index (χ0n) is 16.3. The van der Waals surface area contributed by atoms with Crippen LogP contribution in [0.15, 0.2) is 65.4 Å². The predicted molar refractivity (Wildman–Crippen MR) is 111 cm³/mol. The van der Waals surface area contributed by atoms with E-state index in [1.807, 2.05) is 13.1 Å². The Bertz CT molecular complexity index is 1170. The lowest BCUT2D eigenvalue weighted by molar-refractivity contribution is -0.137. The maximum absolute atomic E-state index is 14.0. The van der Waals surface area contributed by atoms with E-state index in [4.69, 9.17) is 0 Å². The van der Waals surface area contributed by atoms with Crippen molar-refractivity contribution in [2.24, 2.45) is 0 Å². The molecule has 0 bridgehead atoms. The van der Waals surface area contributed by atoms with Crippen molar-refractivity contribution in [2.45, 2.75) is 25.9 Å². The number of benzene rings is 2. The van der Waals surface area contributed by atoms with Crippen LogP contribution >= 0.6 is 0 Å². The Kier molecular flexibility index (Phi) is 4.63. The number of halogens is 3. The van der Waals surface area contributed by atoms with E-state index in [2.05, 4.69) is 0 Å². The van der Waals surface area contributed by atoms with Gasteiger partial charge in [0.1, 0.15) is 13.8 Å². The normalized spacial score (nSPS) is 17.5. The molecule has 2 N–H and O–H groups in total. The number of fused-ring (bicyclic) bond motifs is 2. The Morgan fingerprint density at radius 1 is 1.00 bits per heavy atom. The molecule has 1 aliphatic heterocycles. The fourth-order valence-corrected chi connectivity index (χ4v) is 7.31. The molecule has 0 amide bonds. The number of carbonyl (C=O) groups is 1. The molecule has 0 saturated carbocycles. The van der Waals surface area contributed by atoms with Crippen molar-refractivity contribution in [2.75, 3.05) is 0 Å². The number of carbonyl (C=O) groups excluding carboxylic acids is 1. The topological polar surface area (TPSA) is 57.5 Å². The van der Waals surface area contributed by atoms with Gasteiger partial charge in [0.25, 0.3) is 0 Å². The molecule has 7 heteroatoms. The lowest BCUT2D eigenvalue weighted by atomic mass is 9.86. The van der Waals surface area contributed by atoms with Gasteiger partial charge in [0.15, 0.2) is 5.78 Å². The highest BCUT2D eigenvalue weighted by Crippen LogP contribution is 2.45. The second kappa shape index (κ2) is 6.82. The molecule has 0 saturated heterocycles. The van der Waals surface area contributed by atoms with Gasteiger partial charge >= 0.3 is 6.18 Å². The van der Waals surface area contributed by atoms with Crippen molar-refractivity contribution < 1.29 is 28.2 Å². The van der Waals surface area contributed by atoms with Gasteiger partial charge < -0.3 is 10.2 Å². The first-order valence-corrected chi connectivity index (χ1v) is 12.4. The molecule has 1 aliphatic carbocycles. The van der Waals surface area contributed by atoms with Gasteiger partial charge in [-0.05, 0) is 68.6 Å². The molecule has 0 radical (unpaired) electrons. The summed E-state index contributed by atoms with van der Waals surface area (Å²) in [5, 5.41) is 20.9. The number of hydrogen-bond acceptors (Lipinski definition) is 3. The maximum atomic E-state index is 14.0. The average molecular weight is 428 g/mol. The van der Waals surface area contributed by atoms with Crippen molar-refractivity contribution in [1.29, 1.82) is 0 Å². The van der Waals surface area contributed by atoms with E-state index < -0.39 is 26.4 Å². The zero-order chi connectivity index (χ0) is 21.8. The smallest absolute Gasteiger partial charge is 0.417 e. The summed E-state index contributed by atoms with van der Waals surface area (Å²) in [6.45, 7) is 3.53. The van der Waals surface area contributed by atoms with E-state index in [1.165, 1.54) is 30.4 Å². The zero-order valence-corrected chi connectivity index (χ0v) is 17.3. The van der Waals surface area contributed by atoms with Gasteiger partial charge in [0.2, 0.25) is 0 Å². The molecule has 3 nitrogen and oxygen atoms in total. The van der Waals surface area contributed by atoms with Gasteiger partial charge in [-0.25, -0.2) is 0 Å². The number of aromatic hydroxyl groups is 1. The molecule has 2 aromatic rings. The number of rotatable bonds is 2. The molecule has 4 rings (SSSR count). The largest absolute Gasteiger partial charge is 0.508 e. The summed E-state index contributed by atoms with van der Waals surface area (Å²) in [5.74, 6) is -0.175. The highest BCUT2D eigenvalue weighted by molar-refractivity contribution is 6.98. The number of aliphatic hydroxyl groups excluding tert-OH is 1. The van der Waals surface area contributed by atoms with Crippen LogP contribution in [-0.4, -0.2) is 24.1 Å². The molecule has 0 unspecified atom stereocenters. The van der Waals surface area contributed by atoms with Gasteiger partial charge in [-0.15, -0.1) is 0 Å². The van der Waals surface area contributed by atoms with E-state index >= 15 is 0 Å². The Morgan fingerprint density at radius 2 is 1.70 bits per heavy atom. The van der Waals surface area contributed by atoms with Crippen LogP contribution in [0.4, 0.5) is 13.2 Å². The van der Waals surface area contributed by atoms with Crippen molar-refractivity contribution in [3.05, 3.63) is 87.6 Å². The Morgan fingerprint density at radius 3 is 2.37 bits per heavy atom. The number of ketones is 1. The second-order valence-corrected chi connectivity index (χ2v) is 12.3. The highest BCUT2D eigenvalue weighted by atomic mass is 28.3. The molecular formula is C23H19F3O3Si. The molecular weight excluding hydrogens is 409 g/mol. The van der Waals surface area contributed by atoms with Crippen molar-refractivity contribution in [3.8, 4) is 5.75 Å². The summed E-state index contributed by atoms with van der Waals surface area (Å²) >= 11 is 0. The molecule has 154 valence electrons. The summed E-state index contributed by atoms with van der Waals surface area (Å²) in [6, 6.07) is 8.50. The predicted octanol–water partition coefficient (Wildman–Crippen LogP) is 4.24. The lowest BCUT2D eigenvalue weighted by Crippen LogP contribution is -2.49. The van der Waals surface area contributed by atoms with Gasteiger partial charge in [0.05, 0.1) is 12.2 Å². The number of phenolic OH excluding ortho intramolecular Hbond substituents is 1. The molecule has 0 atom stereocenters. The van der Waals surface area contributed by atoms with Gasteiger partial charge in [-0.1, -0.05) is 37.4 Å². The summed E-state index contributed by atoms with van der Waals surface area (Å²) in [6.07, 6.45) is -0.167. The first kappa shape index (κ1) is 20.4. The Labute approximate surface area is 172 Å². The molecule has 30 heavy (non-hydrogen) atoms. The number of aliphatic hydroxyl groups is 1. The van der Waals surface area contributed by atoms with Crippen molar-refractivity contribution in [1.82, 2.24) is 0 Å². The number of allylic oxidation sites excluding steroid dienone is 5. The van der Waals surface area contributed by atoms with Gasteiger partial charge in [0, 0.05) is 0 Å². The fraction of sp³-hybridized carbons (Fsp3) is 0.174. The molecule has 1 heterocycles. The third-order valence-electron chi connectivity index (χ3n) is 5.72. The Hall–Kier alpha value is -2.90. The fourth-order valence-electron chi connectivity index (χ4n) is 4.25. The van der Waals surface area contributed by atoms with E-state index in [-0.39, 0.29) is 22.7 Å². The van der Waals surface area contributed by atoms with Crippen molar-refractivity contribution >= 4 is 24.6 Å². The SMILES string of the molecule is C[Si]1(C)C2=CC(=O)C=CC2=C(c2ccc(CO)cc2C(F)(F)F)c2ccc(O)cc21. The maximum Gasteiger partial charge on any atom is 0.417 e. The molecule has 0 aromatic heterocycles. The minimum atomic E-state index is -4.63. The van der Waals surface area contributed by atoms with E-state index in [9.17, 15) is 28.2 Å². The second-order valence-electron chi connectivity index (χ2n) is 7.97. The van der Waals surface area contributed by atoms with Gasteiger partial charge in [-0.2, -0.15) is 13.2 Å². The van der Waals surface area contributed by atoms with Crippen LogP contribution < -0.4 is 5.19 Å². The minimum absolute atomic E-state index is 0.0176. The average Bonchev–Trinajstić information content (AvgIpc) is 2.68. The van der Waals surface area contributed by atoms with Crippen LogP contribution in [-0.2, 0) is 17.6 Å². The van der Waals surface area contributed by atoms with E-state index in [0.29, 0.717) is 16.7 Å². The van der Waals surface area contributed by atoms with Crippen LogP contribution in [0.25, 0.3) is 5.57 Å². The number of hydrogen-bond donors (Lipinski definition) is 2. The van der Waals surface area contributed by atoms with Crippen LogP contribution in [0, 0.1) is 0 Å². The summed E-state index contributed by atoms with van der Waals surface area (Å²) in [7, 11) is -2.45. The number of alkyl halides is 3. The lowest BCUT2D eigenvalue weighted by Gasteiger charge is -2.38. The first-order chi connectivity index (χ1) is 14.0. The summed E-state index contributed by atoms with van der Waals surface area (Å²) in [5.41, 5.74) is 0.907. The van der Waals surface area contributed by atoms with Crippen LogP contribution in [0.5, 0.6) is 5.75 Å². The summed E-state index contributed by atoms with van der Waals surface area (Å²) < 4.78 is 41.9. The molecule has 0 fully saturated rings. The molecule has 2 aromatic carbocycles.